The number of anilines is 1. The minimum atomic E-state index is -3.39. The van der Waals surface area contributed by atoms with Crippen LogP contribution >= 0.6 is 0 Å². The van der Waals surface area contributed by atoms with E-state index in [1.807, 2.05) is 18.2 Å². The van der Waals surface area contributed by atoms with Gasteiger partial charge in [-0.1, -0.05) is 18.2 Å². The Bertz CT molecular complexity index is 1170. The van der Waals surface area contributed by atoms with Crippen LogP contribution in [0.5, 0.6) is 0 Å². The average Bonchev–Trinajstić information content (AvgIpc) is 3.32. The standard InChI is InChI=1S/C22H24N4O3S/c1-14-13-29-11-10-26(14)21-12-19(20-7-6-15(2)30(20,27)28)24-22(25-21)17-8-9-23-18-5-3-4-16(17)18/h3-4,6,8-9,12,14,20H,5,7,10-11,13H2,1-2H3/t14-,20?/m1/s1. The van der Waals surface area contributed by atoms with Gasteiger partial charge in [-0.25, -0.2) is 18.4 Å². The van der Waals surface area contributed by atoms with Gasteiger partial charge in [0.2, 0.25) is 0 Å². The highest BCUT2D eigenvalue weighted by molar-refractivity contribution is 7.95. The average molecular weight is 425 g/mol. The minimum Gasteiger partial charge on any atom is -0.377 e. The quantitative estimate of drug-likeness (QED) is 0.748. The first kappa shape index (κ1) is 19.4. The van der Waals surface area contributed by atoms with Crippen molar-refractivity contribution in [3.8, 4) is 11.4 Å². The minimum absolute atomic E-state index is 0.150. The van der Waals surface area contributed by atoms with Crippen LogP contribution in [0, 0.1) is 0 Å². The van der Waals surface area contributed by atoms with Crippen LogP contribution in [-0.2, 0) is 21.0 Å². The van der Waals surface area contributed by atoms with Gasteiger partial charge in [-0.15, -0.1) is 0 Å². The van der Waals surface area contributed by atoms with Crippen molar-refractivity contribution in [1.29, 1.82) is 0 Å². The van der Waals surface area contributed by atoms with Crippen molar-refractivity contribution in [2.75, 3.05) is 24.7 Å². The van der Waals surface area contributed by atoms with E-state index in [1.165, 1.54) is 0 Å². The molecule has 4 heterocycles. The fraction of sp³-hybridized carbons (Fsp3) is 0.409. The Morgan fingerprint density at radius 3 is 2.90 bits per heavy atom. The van der Waals surface area contributed by atoms with Crippen LogP contribution < -0.4 is 4.90 Å². The Hall–Kier alpha value is -2.58. The van der Waals surface area contributed by atoms with E-state index in [1.54, 1.807) is 19.2 Å². The second kappa shape index (κ2) is 7.28. The third kappa shape index (κ3) is 3.15. The van der Waals surface area contributed by atoms with Crippen molar-refractivity contribution in [2.24, 2.45) is 0 Å². The largest absolute Gasteiger partial charge is 0.377 e. The van der Waals surface area contributed by atoms with Crippen LogP contribution in [0.25, 0.3) is 17.5 Å². The summed E-state index contributed by atoms with van der Waals surface area (Å²) in [5.74, 6) is 1.30. The molecule has 2 atom stereocenters. The molecule has 1 fully saturated rings. The van der Waals surface area contributed by atoms with E-state index in [2.05, 4.69) is 22.9 Å². The van der Waals surface area contributed by atoms with Crippen molar-refractivity contribution in [2.45, 2.75) is 38.0 Å². The molecule has 0 amide bonds. The third-order valence-corrected chi connectivity index (χ3v) is 8.32. The van der Waals surface area contributed by atoms with Crippen LogP contribution in [0.4, 0.5) is 5.82 Å². The van der Waals surface area contributed by atoms with Crippen LogP contribution in [0.2, 0.25) is 0 Å². The SMILES string of the molecule is CC1=CCC(c2cc(N3CCOC[C@H]3C)nc(-c3ccnc4c3C=CC4)n2)S1(=O)=O. The molecule has 0 radical (unpaired) electrons. The van der Waals surface area contributed by atoms with Crippen molar-refractivity contribution in [3.63, 3.8) is 0 Å². The molecule has 1 unspecified atom stereocenters. The van der Waals surface area contributed by atoms with Crippen LogP contribution in [0.15, 0.2) is 35.4 Å². The van der Waals surface area contributed by atoms with Crippen LogP contribution in [0.3, 0.4) is 0 Å². The van der Waals surface area contributed by atoms with Crippen molar-refractivity contribution in [1.82, 2.24) is 15.0 Å². The maximum absolute atomic E-state index is 12.9. The molecule has 2 aromatic rings. The Labute approximate surface area is 176 Å². The molecule has 3 aliphatic rings. The maximum atomic E-state index is 12.9. The van der Waals surface area contributed by atoms with Gasteiger partial charge in [0.1, 0.15) is 11.1 Å². The first-order valence-corrected chi connectivity index (χ1v) is 11.8. The van der Waals surface area contributed by atoms with Crippen molar-refractivity contribution in [3.05, 3.63) is 52.3 Å². The summed E-state index contributed by atoms with van der Waals surface area (Å²) in [6.07, 6.45) is 8.90. The molecule has 1 saturated heterocycles. The van der Waals surface area contributed by atoms with E-state index < -0.39 is 15.1 Å². The Morgan fingerprint density at radius 1 is 1.27 bits per heavy atom. The molecule has 0 spiro atoms. The maximum Gasteiger partial charge on any atom is 0.182 e. The highest BCUT2D eigenvalue weighted by atomic mass is 32.2. The van der Waals surface area contributed by atoms with E-state index in [0.717, 1.165) is 29.1 Å². The molecule has 0 bridgehead atoms. The lowest BCUT2D eigenvalue weighted by atomic mass is 10.1. The third-order valence-electron chi connectivity index (χ3n) is 6.08. The predicted octanol–water partition coefficient (Wildman–Crippen LogP) is 3.10. The number of morpholine rings is 1. The number of fused-ring (bicyclic) bond motifs is 1. The summed E-state index contributed by atoms with van der Waals surface area (Å²) < 4.78 is 31.4. The van der Waals surface area contributed by atoms with Crippen molar-refractivity contribution < 1.29 is 13.2 Å². The number of allylic oxidation sites excluding steroid dienone is 3. The normalized spacial score (nSPS) is 24.7. The summed E-state index contributed by atoms with van der Waals surface area (Å²) in [6.45, 7) is 5.69. The fourth-order valence-electron chi connectivity index (χ4n) is 4.32. The highest BCUT2D eigenvalue weighted by Crippen LogP contribution is 2.39. The number of hydrogen-bond acceptors (Lipinski definition) is 7. The monoisotopic (exact) mass is 424 g/mol. The van der Waals surface area contributed by atoms with Gasteiger partial charge in [0, 0.05) is 41.3 Å². The lowest BCUT2D eigenvalue weighted by molar-refractivity contribution is 0.0985. The van der Waals surface area contributed by atoms with Gasteiger partial charge in [0.05, 0.1) is 30.6 Å². The molecule has 0 aromatic carbocycles. The van der Waals surface area contributed by atoms with Gasteiger partial charge < -0.3 is 9.64 Å². The summed E-state index contributed by atoms with van der Waals surface area (Å²) in [6, 6.07) is 3.90. The first-order chi connectivity index (χ1) is 14.4. The molecule has 0 N–H and O–H groups in total. The lowest BCUT2D eigenvalue weighted by Crippen LogP contribution is -2.44. The zero-order chi connectivity index (χ0) is 20.9. The van der Waals surface area contributed by atoms with Gasteiger partial charge >= 0.3 is 0 Å². The Balaban J connectivity index is 1.67. The predicted molar refractivity (Wildman–Crippen MR) is 116 cm³/mol. The van der Waals surface area contributed by atoms with Gasteiger partial charge in [-0.2, -0.15) is 0 Å². The number of aromatic nitrogens is 3. The number of ether oxygens (including phenoxy) is 1. The van der Waals surface area contributed by atoms with Crippen molar-refractivity contribution >= 4 is 21.7 Å². The Morgan fingerprint density at radius 2 is 2.13 bits per heavy atom. The van der Waals surface area contributed by atoms with Gasteiger partial charge in [-0.05, 0) is 26.3 Å². The van der Waals surface area contributed by atoms with E-state index in [9.17, 15) is 8.42 Å². The van der Waals surface area contributed by atoms with E-state index in [4.69, 9.17) is 14.7 Å². The number of nitrogens with zero attached hydrogens (tertiary/aromatic N) is 4. The van der Waals surface area contributed by atoms with Gasteiger partial charge in [0.15, 0.2) is 15.7 Å². The van der Waals surface area contributed by atoms with Crippen LogP contribution in [0.1, 0.15) is 42.5 Å². The van der Waals surface area contributed by atoms with Gasteiger partial charge in [-0.3, -0.25) is 4.98 Å². The Kier molecular flexibility index (Phi) is 4.71. The van der Waals surface area contributed by atoms with Gasteiger partial charge in [0.25, 0.3) is 0 Å². The molecule has 1 aliphatic carbocycles. The molecule has 0 saturated carbocycles. The number of pyridine rings is 1. The molecule has 8 heteroatoms. The summed E-state index contributed by atoms with van der Waals surface area (Å²) in [7, 11) is -3.39. The number of rotatable bonds is 3. The molecular weight excluding hydrogens is 400 g/mol. The number of hydrogen-bond donors (Lipinski definition) is 0. The second-order valence-corrected chi connectivity index (χ2v) is 10.3. The second-order valence-electron chi connectivity index (χ2n) is 8.00. The molecule has 7 nitrogen and oxygen atoms in total. The molecule has 5 rings (SSSR count). The summed E-state index contributed by atoms with van der Waals surface area (Å²) in [5, 5.41) is -0.667. The molecule has 2 aromatic heterocycles. The van der Waals surface area contributed by atoms with Crippen LogP contribution in [-0.4, -0.2) is 49.2 Å². The topological polar surface area (TPSA) is 85.3 Å². The summed E-state index contributed by atoms with van der Waals surface area (Å²) >= 11 is 0. The smallest absolute Gasteiger partial charge is 0.182 e. The van der Waals surface area contributed by atoms with E-state index >= 15 is 0 Å². The number of sulfone groups is 1. The summed E-state index contributed by atoms with van der Waals surface area (Å²) in [4.78, 5) is 16.7. The lowest BCUT2D eigenvalue weighted by Gasteiger charge is -2.34. The zero-order valence-corrected chi connectivity index (χ0v) is 17.9. The summed E-state index contributed by atoms with van der Waals surface area (Å²) in [5.41, 5.74) is 3.44. The molecule has 2 aliphatic heterocycles. The molecule has 30 heavy (non-hydrogen) atoms. The highest BCUT2D eigenvalue weighted by Gasteiger charge is 2.35. The molecular formula is C22H24N4O3S. The van der Waals surface area contributed by atoms with E-state index in [-0.39, 0.29) is 6.04 Å². The van der Waals surface area contributed by atoms with E-state index in [0.29, 0.717) is 42.6 Å². The first-order valence-electron chi connectivity index (χ1n) is 10.2. The molecule has 156 valence electrons. The zero-order valence-electron chi connectivity index (χ0n) is 17.1. The fourth-order valence-corrected chi connectivity index (χ4v) is 5.89.